The Morgan fingerprint density at radius 3 is 2.30 bits per heavy atom. The van der Waals surface area contributed by atoms with Crippen LogP contribution >= 0.6 is 0 Å². The summed E-state index contributed by atoms with van der Waals surface area (Å²) in [6.07, 6.45) is -0.0903. The molecule has 1 atom stereocenters. The first kappa shape index (κ1) is 9.43. The van der Waals surface area contributed by atoms with Crippen LogP contribution in [0.4, 0.5) is 0 Å². The Morgan fingerprint density at radius 2 is 2.00 bits per heavy atom. The summed E-state index contributed by atoms with van der Waals surface area (Å²) in [5, 5.41) is 0. The maximum absolute atomic E-state index is 9.90. The summed E-state index contributed by atoms with van der Waals surface area (Å²) in [7, 11) is 0. The van der Waals surface area contributed by atoms with Crippen molar-refractivity contribution in [3.05, 3.63) is 0 Å². The van der Waals surface area contributed by atoms with Gasteiger partial charge in [0.15, 0.2) is 6.23 Å². The van der Waals surface area contributed by atoms with E-state index in [1.165, 1.54) is 0 Å². The van der Waals surface area contributed by atoms with E-state index in [-0.39, 0.29) is 6.23 Å². The van der Waals surface area contributed by atoms with Gasteiger partial charge in [0, 0.05) is 0 Å². The van der Waals surface area contributed by atoms with Crippen molar-refractivity contribution < 1.29 is 9.53 Å². The predicted octanol–water partition coefficient (Wildman–Crippen LogP) is 0.847. The summed E-state index contributed by atoms with van der Waals surface area (Å²) in [5.74, 6) is 0. The van der Waals surface area contributed by atoms with Crippen LogP contribution in [-0.2, 0) is 9.53 Å². The number of nitrogens with zero attached hydrogens (tertiary/aromatic N) is 1. The summed E-state index contributed by atoms with van der Waals surface area (Å²) in [5.41, 5.74) is 0. The van der Waals surface area contributed by atoms with Crippen molar-refractivity contribution in [2.75, 3.05) is 13.1 Å². The number of carbonyl (C=O) groups excluding carboxylic acids is 1. The normalized spacial score (nSPS) is 13.2. The maximum Gasteiger partial charge on any atom is 0.294 e. The summed E-state index contributed by atoms with van der Waals surface area (Å²) in [6.45, 7) is 8.24. The monoisotopic (exact) mass is 145 g/mol. The molecular formula is C7H15NO2. The second-order valence-electron chi connectivity index (χ2n) is 2.05. The summed E-state index contributed by atoms with van der Waals surface area (Å²) in [6, 6.07) is 0. The maximum atomic E-state index is 9.90. The Morgan fingerprint density at radius 1 is 1.50 bits per heavy atom. The van der Waals surface area contributed by atoms with Crippen molar-refractivity contribution in [3.8, 4) is 0 Å². The first-order chi connectivity index (χ1) is 4.76. The van der Waals surface area contributed by atoms with Crippen LogP contribution in [0.5, 0.6) is 0 Å². The zero-order valence-corrected chi connectivity index (χ0v) is 6.83. The lowest BCUT2D eigenvalue weighted by Gasteiger charge is -2.23. The van der Waals surface area contributed by atoms with Crippen molar-refractivity contribution in [1.82, 2.24) is 4.90 Å². The molecular weight excluding hydrogens is 130 g/mol. The summed E-state index contributed by atoms with van der Waals surface area (Å²) < 4.78 is 4.73. The molecule has 10 heavy (non-hydrogen) atoms. The fourth-order valence-corrected chi connectivity index (χ4v) is 0.904. The minimum absolute atomic E-state index is 0.0903. The zero-order chi connectivity index (χ0) is 7.98. The van der Waals surface area contributed by atoms with Gasteiger partial charge in [-0.3, -0.25) is 9.69 Å². The molecule has 0 aromatic rings. The number of hydrogen-bond donors (Lipinski definition) is 0. The van der Waals surface area contributed by atoms with E-state index in [2.05, 4.69) is 4.90 Å². The second kappa shape index (κ2) is 5.23. The largest absolute Gasteiger partial charge is 0.449 e. The molecule has 0 saturated heterocycles. The third kappa shape index (κ3) is 2.82. The molecule has 0 spiro atoms. The fourth-order valence-electron chi connectivity index (χ4n) is 0.904. The van der Waals surface area contributed by atoms with Crippen LogP contribution in [0.25, 0.3) is 0 Å². The van der Waals surface area contributed by atoms with Gasteiger partial charge in [-0.1, -0.05) is 13.8 Å². The van der Waals surface area contributed by atoms with E-state index in [9.17, 15) is 4.79 Å². The lowest BCUT2D eigenvalue weighted by atomic mass is 10.4. The van der Waals surface area contributed by atoms with Gasteiger partial charge in [-0.05, 0) is 20.0 Å². The molecule has 60 valence electrons. The van der Waals surface area contributed by atoms with Crippen LogP contribution in [0.2, 0.25) is 0 Å². The van der Waals surface area contributed by atoms with Crippen molar-refractivity contribution in [3.63, 3.8) is 0 Å². The SMILES string of the molecule is CCN(CC)C(C)OC=O. The molecule has 0 rings (SSSR count). The van der Waals surface area contributed by atoms with Gasteiger partial charge in [-0.2, -0.15) is 0 Å². The van der Waals surface area contributed by atoms with Crippen LogP contribution in [0.1, 0.15) is 20.8 Å². The van der Waals surface area contributed by atoms with E-state index in [4.69, 9.17) is 4.74 Å². The number of rotatable bonds is 5. The molecule has 0 aromatic carbocycles. The molecule has 0 saturated carbocycles. The molecule has 0 heterocycles. The Bertz CT molecular complexity index is 91.6. The average Bonchev–Trinajstić information content (AvgIpc) is 1.91. The number of carbonyl (C=O) groups is 1. The highest BCUT2D eigenvalue weighted by Gasteiger charge is 2.08. The Balaban J connectivity index is 3.63. The lowest BCUT2D eigenvalue weighted by molar-refractivity contribution is -0.141. The van der Waals surface area contributed by atoms with Crippen LogP contribution in [0, 0.1) is 0 Å². The van der Waals surface area contributed by atoms with Crippen LogP contribution in [-0.4, -0.2) is 30.7 Å². The minimum atomic E-state index is -0.0903. The number of hydrogen-bond acceptors (Lipinski definition) is 3. The van der Waals surface area contributed by atoms with Crippen LogP contribution in [0.15, 0.2) is 0 Å². The zero-order valence-electron chi connectivity index (χ0n) is 6.83. The van der Waals surface area contributed by atoms with Gasteiger partial charge in [0.05, 0.1) is 0 Å². The molecule has 1 unspecified atom stereocenters. The molecule has 0 aliphatic rings. The van der Waals surface area contributed by atoms with E-state index < -0.39 is 0 Å². The van der Waals surface area contributed by atoms with Gasteiger partial charge >= 0.3 is 0 Å². The van der Waals surface area contributed by atoms with E-state index in [0.29, 0.717) is 6.47 Å². The lowest BCUT2D eigenvalue weighted by Crippen LogP contribution is -2.34. The third-order valence-corrected chi connectivity index (χ3v) is 1.58. The predicted molar refractivity (Wildman–Crippen MR) is 39.5 cm³/mol. The highest BCUT2D eigenvalue weighted by Crippen LogP contribution is 1.97. The molecule has 0 fully saturated rings. The molecule has 0 bridgehead atoms. The van der Waals surface area contributed by atoms with Gasteiger partial charge in [-0.15, -0.1) is 0 Å². The van der Waals surface area contributed by atoms with Gasteiger partial charge in [0.25, 0.3) is 6.47 Å². The average molecular weight is 145 g/mol. The molecule has 0 aliphatic carbocycles. The number of ether oxygens (including phenoxy) is 1. The second-order valence-corrected chi connectivity index (χ2v) is 2.05. The Kier molecular flexibility index (Phi) is 4.94. The first-order valence-corrected chi connectivity index (χ1v) is 3.59. The quantitative estimate of drug-likeness (QED) is 0.424. The minimum Gasteiger partial charge on any atom is -0.449 e. The fraction of sp³-hybridized carbons (Fsp3) is 0.857. The molecule has 3 heteroatoms. The smallest absolute Gasteiger partial charge is 0.294 e. The Hall–Kier alpha value is -0.570. The molecule has 0 aromatic heterocycles. The van der Waals surface area contributed by atoms with Crippen molar-refractivity contribution in [1.29, 1.82) is 0 Å². The van der Waals surface area contributed by atoms with Gasteiger partial charge in [0.1, 0.15) is 0 Å². The Labute approximate surface area is 62.0 Å². The van der Waals surface area contributed by atoms with Gasteiger partial charge in [0.2, 0.25) is 0 Å². The third-order valence-electron chi connectivity index (χ3n) is 1.58. The van der Waals surface area contributed by atoms with Gasteiger partial charge < -0.3 is 4.74 Å². The topological polar surface area (TPSA) is 29.5 Å². The standard InChI is InChI=1S/C7H15NO2/c1-4-8(5-2)7(3)10-6-9/h6-7H,4-5H2,1-3H3. The van der Waals surface area contributed by atoms with Crippen LogP contribution < -0.4 is 0 Å². The van der Waals surface area contributed by atoms with Crippen molar-refractivity contribution >= 4 is 6.47 Å². The summed E-state index contributed by atoms with van der Waals surface area (Å²) in [4.78, 5) is 12.0. The van der Waals surface area contributed by atoms with E-state index in [1.807, 2.05) is 20.8 Å². The van der Waals surface area contributed by atoms with E-state index in [1.54, 1.807) is 0 Å². The molecule has 0 aliphatic heterocycles. The summed E-state index contributed by atoms with van der Waals surface area (Å²) >= 11 is 0. The highest BCUT2D eigenvalue weighted by atomic mass is 16.5. The van der Waals surface area contributed by atoms with Crippen molar-refractivity contribution in [2.45, 2.75) is 27.0 Å². The first-order valence-electron chi connectivity index (χ1n) is 3.59. The van der Waals surface area contributed by atoms with Gasteiger partial charge in [-0.25, -0.2) is 0 Å². The highest BCUT2D eigenvalue weighted by molar-refractivity contribution is 5.37. The van der Waals surface area contributed by atoms with Crippen LogP contribution in [0.3, 0.4) is 0 Å². The molecule has 0 radical (unpaired) electrons. The molecule has 3 nitrogen and oxygen atoms in total. The molecule has 0 N–H and O–H groups in total. The van der Waals surface area contributed by atoms with E-state index >= 15 is 0 Å². The van der Waals surface area contributed by atoms with Crippen molar-refractivity contribution in [2.24, 2.45) is 0 Å². The molecule has 0 amide bonds. The van der Waals surface area contributed by atoms with E-state index in [0.717, 1.165) is 13.1 Å².